The van der Waals surface area contributed by atoms with Gasteiger partial charge in [-0.05, 0) is 37.6 Å². The molecule has 2 aromatic carbocycles. The first kappa shape index (κ1) is 20.1. The summed E-state index contributed by atoms with van der Waals surface area (Å²) < 4.78 is 0. The minimum atomic E-state index is -0.550. The first-order chi connectivity index (χ1) is 14.0. The van der Waals surface area contributed by atoms with Crippen LogP contribution in [0.2, 0.25) is 0 Å². The van der Waals surface area contributed by atoms with Crippen molar-refractivity contribution in [2.45, 2.75) is 50.9 Å². The van der Waals surface area contributed by atoms with Crippen molar-refractivity contribution in [2.75, 3.05) is 13.6 Å². The molecule has 2 aliphatic rings. The van der Waals surface area contributed by atoms with Gasteiger partial charge >= 0.3 is 0 Å². The molecular formula is C24H32N4O. The van der Waals surface area contributed by atoms with Crippen molar-refractivity contribution in [3.05, 3.63) is 71.3 Å². The second-order valence-corrected chi connectivity index (χ2v) is 8.74. The Balaban J connectivity index is 1.55. The van der Waals surface area contributed by atoms with Crippen LogP contribution in [0.15, 0.2) is 54.6 Å². The second kappa shape index (κ2) is 8.27. The van der Waals surface area contributed by atoms with Gasteiger partial charge < -0.3 is 5.32 Å². The molecule has 1 fully saturated rings. The highest BCUT2D eigenvalue weighted by atomic mass is 16.2. The zero-order valence-electron chi connectivity index (χ0n) is 17.6. The number of hydrazine groups is 1. The van der Waals surface area contributed by atoms with Crippen LogP contribution < -0.4 is 16.2 Å². The van der Waals surface area contributed by atoms with Crippen molar-refractivity contribution in [1.82, 2.24) is 21.1 Å². The lowest BCUT2D eigenvalue weighted by Crippen LogP contribution is -2.59. The van der Waals surface area contributed by atoms with Gasteiger partial charge in [-0.25, -0.2) is 0 Å². The maximum absolute atomic E-state index is 13.6. The first-order valence-electron chi connectivity index (χ1n) is 10.6. The van der Waals surface area contributed by atoms with Crippen LogP contribution >= 0.6 is 0 Å². The molecule has 1 aliphatic carbocycles. The third-order valence-corrected chi connectivity index (χ3v) is 6.82. The highest BCUT2D eigenvalue weighted by Crippen LogP contribution is 2.35. The van der Waals surface area contributed by atoms with Gasteiger partial charge in [0.05, 0.1) is 0 Å². The van der Waals surface area contributed by atoms with Crippen LogP contribution in [0.4, 0.5) is 0 Å². The minimum absolute atomic E-state index is 0.137. The number of amides is 1. The molecule has 5 nitrogen and oxygen atoms in total. The predicted octanol–water partition coefficient (Wildman–Crippen LogP) is 2.27. The van der Waals surface area contributed by atoms with Crippen molar-refractivity contribution in [1.29, 1.82) is 0 Å². The van der Waals surface area contributed by atoms with E-state index in [2.05, 4.69) is 90.5 Å². The first-order valence-corrected chi connectivity index (χ1v) is 10.6. The van der Waals surface area contributed by atoms with Gasteiger partial charge in [-0.15, -0.1) is 0 Å². The molecule has 154 valence electrons. The van der Waals surface area contributed by atoms with E-state index in [-0.39, 0.29) is 5.91 Å². The Morgan fingerprint density at radius 3 is 2.14 bits per heavy atom. The molecule has 0 bridgehead atoms. The van der Waals surface area contributed by atoms with E-state index < -0.39 is 5.54 Å². The highest BCUT2D eigenvalue weighted by Gasteiger charge is 2.47. The van der Waals surface area contributed by atoms with Gasteiger partial charge in [0.15, 0.2) is 0 Å². The van der Waals surface area contributed by atoms with Gasteiger partial charge in [0.2, 0.25) is 5.91 Å². The number of hydrogen-bond acceptors (Lipinski definition) is 4. The van der Waals surface area contributed by atoms with Crippen molar-refractivity contribution in [3.8, 4) is 0 Å². The molecule has 1 amide bonds. The fourth-order valence-corrected chi connectivity index (χ4v) is 4.85. The standard InChI is InChI=1S/C24H32N4O/c1-17-22(18(2)27-26-17)15-25-23(29)24(13-20-11-7-8-12-21(20)14-24)28(3)16-19-9-5-4-6-10-19/h4-12,17-18,22,26-27H,13-16H2,1-3H3,(H,25,29). The third-order valence-electron chi connectivity index (χ3n) is 6.82. The summed E-state index contributed by atoms with van der Waals surface area (Å²) in [4.78, 5) is 15.9. The van der Waals surface area contributed by atoms with E-state index in [9.17, 15) is 4.79 Å². The van der Waals surface area contributed by atoms with E-state index in [0.717, 1.165) is 19.4 Å². The van der Waals surface area contributed by atoms with Crippen LogP contribution in [0.25, 0.3) is 0 Å². The van der Waals surface area contributed by atoms with Gasteiger partial charge in [0, 0.05) is 43.9 Å². The van der Waals surface area contributed by atoms with Crippen molar-refractivity contribution >= 4 is 5.91 Å². The van der Waals surface area contributed by atoms with Crippen LogP contribution in [0.1, 0.15) is 30.5 Å². The van der Waals surface area contributed by atoms with E-state index in [1.165, 1.54) is 16.7 Å². The van der Waals surface area contributed by atoms with Crippen LogP contribution in [0.3, 0.4) is 0 Å². The number of rotatable bonds is 6. The Morgan fingerprint density at radius 2 is 1.55 bits per heavy atom. The molecule has 2 atom stereocenters. The van der Waals surface area contributed by atoms with Gasteiger partial charge in [0.1, 0.15) is 5.54 Å². The lowest BCUT2D eigenvalue weighted by molar-refractivity contribution is -0.133. The van der Waals surface area contributed by atoms with Gasteiger partial charge in [0.25, 0.3) is 0 Å². The van der Waals surface area contributed by atoms with E-state index in [4.69, 9.17) is 0 Å². The Hall–Kier alpha value is -2.21. The minimum Gasteiger partial charge on any atom is -0.354 e. The van der Waals surface area contributed by atoms with E-state index in [0.29, 0.717) is 24.5 Å². The van der Waals surface area contributed by atoms with Crippen LogP contribution in [-0.2, 0) is 24.2 Å². The smallest absolute Gasteiger partial charge is 0.241 e. The summed E-state index contributed by atoms with van der Waals surface area (Å²) in [7, 11) is 2.09. The summed E-state index contributed by atoms with van der Waals surface area (Å²) >= 11 is 0. The van der Waals surface area contributed by atoms with E-state index in [1.54, 1.807) is 0 Å². The van der Waals surface area contributed by atoms with Gasteiger partial charge in [-0.2, -0.15) is 0 Å². The summed E-state index contributed by atoms with van der Waals surface area (Å²) in [5.74, 6) is 0.512. The van der Waals surface area contributed by atoms with Gasteiger partial charge in [-0.3, -0.25) is 20.5 Å². The van der Waals surface area contributed by atoms with Crippen molar-refractivity contribution in [3.63, 3.8) is 0 Å². The number of hydrogen-bond donors (Lipinski definition) is 3. The molecule has 0 saturated carbocycles. The van der Waals surface area contributed by atoms with Gasteiger partial charge in [-0.1, -0.05) is 54.6 Å². The number of carbonyl (C=O) groups excluding carboxylic acids is 1. The summed E-state index contributed by atoms with van der Waals surface area (Å²) in [6.07, 6.45) is 1.51. The second-order valence-electron chi connectivity index (χ2n) is 8.74. The molecule has 0 spiro atoms. The molecule has 0 radical (unpaired) electrons. The van der Waals surface area contributed by atoms with Crippen LogP contribution in [0.5, 0.6) is 0 Å². The number of likely N-dealkylation sites (N-methyl/N-ethyl adjacent to an activating group) is 1. The average molecular weight is 393 g/mol. The molecule has 1 saturated heterocycles. The topological polar surface area (TPSA) is 56.4 Å². The normalized spacial score (nSPS) is 25.2. The number of nitrogens with zero attached hydrogens (tertiary/aromatic N) is 1. The summed E-state index contributed by atoms with van der Waals surface area (Å²) in [6.45, 7) is 5.76. The molecule has 5 heteroatoms. The SMILES string of the molecule is CC1NNC(C)C1CNC(=O)C1(N(C)Cc2ccccc2)Cc2ccccc2C1. The number of carbonyl (C=O) groups is 1. The third kappa shape index (κ3) is 3.95. The quantitative estimate of drug-likeness (QED) is 0.706. The number of benzene rings is 2. The maximum Gasteiger partial charge on any atom is 0.241 e. The molecule has 3 N–H and O–H groups in total. The monoisotopic (exact) mass is 392 g/mol. The molecule has 29 heavy (non-hydrogen) atoms. The Morgan fingerprint density at radius 1 is 1.00 bits per heavy atom. The Kier molecular flexibility index (Phi) is 5.72. The zero-order valence-corrected chi connectivity index (χ0v) is 17.6. The lowest BCUT2D eigenvalue weighted by atomic mass is 9.90. The van der Waals surface area contributed by atoms with Crippen molar-refractivity contribution in [2.24, 2.45) is 5.92 Å². The van der Waals surface area contributed by atoms with Crippen LogP contribution in [-0.4, -0.2) is 42.0 Å². The molecule has 4 rings (SSSR count). The zero-order chi connectivity index (χ0) is 20.4. The number of fused-ring (bicyclic) bond motifs is 1. The molecule has 1 heterocycles. The molecular weight excluding hydrogens is 360 g/mol. The molecule has 0 aromatic heterocycles. The Bertz CT molecular complexity index is 818. The highest BCUT2D eigenvalue weighted by molar-refractivity contribution is 5.88. The fourth-order valence-electron chi connectivity index (χ4n) is 4.85. The summed E-state index contributed by atoms with van der Waals surface area (Å²) in [6, 6.07) is 19.5. The lowest BCUT2D eigenvalue weighted by Gasteiger charge is -2.38. The van der Waals surface area contributed by atoms with Crippen molar-refractivity contribution < 1.29 is 4.79 Å². The predicted molar refractivity (Wildman–Crippen MR) is 116 cm³/mol. The largest absolute Gasteiger partial charge is 0.354 e. The van der Waals surface area contributed by atoms with Crippen LogP contribution in [0, 0.1) is 5.92 Å². The summed E-state index contributed by atoms with van der Waals surface area (Å²) in [5.41, 5.74) is 9.81. The maximum atomic E-state index is 13.6. The summed E-state index contributed by atoms with van der Waals surface area (Å²) in [5, 5.41) is 3.31. The molecule has 2 aromatic rings. The molecule has 1 aliphatic heterocycles. The Labute approximate surface area is 173 Å². The average Bonchev–Trinajstić information content (AvgIpc) is 3.28. The number of nitrogens with one attached hydrogen (secondary N) is 3. The fraction of sp³-hybridized carbons (Fsp3) is 0.458. The van der Waals surface area contributed by atoms with E-state index >= 15 is 0 Å². The van der Waals surface area contributed by atoms with E-state index in [1.807, 2.05) is 6.07 Å². The molecule has 2 unspecified atom stereocenters.